The van der Waals surface area contributed by atoms with Crippen molar-refractivity contribution in [2.45, 2.75) is 19.9 Å². The van der Waals surface area contributed by atoms with Crippen LogP contribution < -0.4 is 15.8 Å². The number of nitrogens with one attached hydrogen (secondary N) is 1. The number of ether oxygens (including phenoxy) is 2. The Labute approximate surface area is 138 Å². The first kappa shape index (κ1) is 17.6. The van der Waals surface area contributed by atoms with Crippen LogP contribution in [0.4, 0.5) is 0 Å². The second-order valence-corrected chi connectivity index (χ2v) is 5.58. The minimum absolute atomic E-state index is 0.491. The van der Waals surface area contributed by atoms with Crippen LogP contribution in [-0.4, -0.2) is 56.9 Å². The summed E-state index contributed by atoms with van der Waals surface area (Å²) >= 11 is 0. The zero-order chi connectivity index (χ0) is 16.3. The summed E-state index contributed by atoms with van der Waals surface area (Å²) in [5.41, 5.74) is 6.89. The molecule has 0 radical (unpaired) electrons. The van der Waals surface area contributed by atoms with E-state index in [1.54, 1.807) is 0 Å². The van der Waals surface area contributed by atoms with Gasteiger partial charge in [-0.1, -0.05) is 19.1 Å². The third kappa shape index (κ3) is 6.88. The maximum atomic E-state index is 5.84. The molecule has 1 saturated heterocycles. The van der Waals surface area contributed by atoms with Gasteiger partial charge in [0.1, 0.15) is 12.4 Å². The highest BCUT2D eigenvalue weighted by molar-refractivity contribution is 5.77. The van der Waals surface area contributed by atoms with Crippen LogP contribution in [0.15, 0.2) is 29.3 Å². The molecule has 0 bridgehead atoms. The molecule has 2 rings (SSSR count). The summed E-state index contributed by atoms with van der Waals surface area (Å²) in [4.78, 5) is 6.69. The standard InChI is InChI=1S/C17H28N4O2/c1-2-6-19-17(18)20-14-15-4-3-5-16(13-15)23-12-9-21-7-10-22-11-8-21/h3-5,13H,2,6-12,14H2,1H3,(H3,18,19,20). The SMILES string of the molecule is CCCNC(N)=NCc1cccc(OCCN2CCOCC2)c1. The van der Waals surface area contributed by atoms with Crippen molar-refractivity contribution in [1.29, 1.82) is 0 Å². The van der Waals surface area contributed by atoms with Gasteiger partial charge in [-0.25, -0.2) is 4.99 Å². The monoisotopic (exact) mass is 320 g/mol. The Morgan fingerprint density at radius 1 is 1.39 bits per heavy atom. The second-order valence-electron chi connectivity index (χ2n) is 5.58. The quantitative estimate of drug-likeness (QED) is 0.556. The average Bonchev–Trinajstić information content (AvgIpc) is 2.59. The summed E-state index contributed by atoms with van der Waals surface area (Å²) in [6.07, 6.45) is 1.03. The first-order valence-corrected chi connectivity index (χ1v) is 8.33. The van der Waals surface area contributed by atoms with Gasteiger partial charge in [0.15, 0.2) is 5.96 Å². The molecule has 0 atom stereocenters. The molecule has 1 aliphatic heterocycles. The van der Waals surface area contributed by atoms with Crippen LogP contribution in [0.1, 0.15) is 18.9 Å². The normalized spacial score (nSPS) is 16.3. The fourth-order valence-corrected chi connectivity index (χ4v) is 2.34. The third-order valence-electron chi connectivity index (χ3n) is 3.67. The molecular weight excluding hydrogens is 292 g/mol. The van der Waals surface area contributed by atoms with Crippen LogP contribution in [0.2, 0.25) is 0 Å². The molecule has 128 valence electrons. The number of morpholine rings is 1. The summed E-state index contributed by atoms with van der Waals surface area (Å²) in [5.74, 6) is 1.37. The van der Waals surface area contributed by atoms with Crippen LogP contribution in [0.5, 0.6) is 5.75 Å². The van der Waals surface area contributed by atoms with Gasteiger partial charge in [0.25, 0.3) is 0 Å². The number of nitrogens with zero attached hydrogens (tertiary/aromatic N) is 2. The van der Waals surface area contributed by atoms with E-state index in [2.05, 4.69) is 22.1 Å². The minimum atomic E-state index is 0.491. The van der Waals surface area contributed by atoms with Crippen molar-refractivity contribution < 1.29 is 9.47 Å². The number of rotatable bonds is 8. The Morgan fingerprint density at radius 3 is 3.00 bits per heavy atom. The number of nitrogens with two attached hydrogens (primary N) is 1. The Morgan fingerprint density at radius 2 is 2.22 bits per heavy atom. The highest BCUT2D eigenvalue weighted by Gasteiger charge is 2.09. The van der Waals surface area contributed by atoms with E-state index in [-0.39, 0.29) is 0 Å². The van der Waals surface area contributed by atoms with E-state index in [0.29, 0.717) is 19.1 Å². The first-order chi connectivity index (χ1) is 11.3. The van der Waals surface area contributed by atoms with Gasteiger partial charge < -0.3 is 20.5 Å². The second kappa shape index (κ2) is 10.1. The van der Waals surface area contributed by atoms with Gasteiger partial charge >= 0.3 is 0 Å². The number of guanidine groups is 1. The maximum absolute atomic E-state index is 5.84. The van der Waals surface area contributed by atoms with Gasteiger partial charge in [0.2, 0.25) is 0 Å². The maximum Gasteiger partial charge on any atom is 0.188 e. The highest BCUT2D eigenvalue weighted by atomic mass is 16.5. The molecule has 0 amide bonds. The number of aliphatic imine (C=N–C) groups is 1. The van der Waals surface area contributed by atoms with E-state index in [1.807, 2.05) is 24.3 Å². The van der Waals surface area contributed by atoms with Gasteiger partial charge in [-0.05, 0) is 24.1 Å². The molecule has 1 heterocycles. The predicted octanol–water partition coefficient (Wildman–Crippen LogP) is 1.21. The van der Waals surface area contributed by atoms with Crippen molar-refractivity contribution >= 4 is 5.96 Å². The number of hydrogen-bond acceptors (Lipinski definition) is 4. The van der Waals surface area contributed by atoms with Crippen LogP contribution in [0.25, 0.3) is 0 Å². The van der Waals surface area contributed by atoms with E-state index in [1.165, 1.54) is 0 Å². The smallest absolute Gasteiger partial charge is 0.188 e. The van der Waals surface area contributed by atoms with Crippen molar-refractivity contribution in [3.63, 3.8) is 0 Å². The van der Waals surface area contributed by atoms with E-state index < -0.39 is 0 Å². The molecule has 6 heteroatoms. The molecule has 1 fully saturated rings. The lowest BCUT2D eigenvalue weighted by Crippen LogP contribution is -2.38. The largest absolute Gasteiger partial charge is 0.492 e. The average molecular weight is 320 g/mol. The summed E-state index contributed by atoms with van der Waals surface area (Å²) in [6.45, 7) is 8.74. The Balaban J connectivity index is 1.75. The Bertz CT molecular complexity index is 487. The lowest BCUT2D eigenvalue weighted by atomic mass is 10.2. The molecule has 0 saturated carbocycles. The Hall–Kier alpha value is -1.79. The van der Waals surface area contributed by atoms with Gasteiger partial charge in [0, 0.05) is 26.2 Å². The summed E-state index contributed by atoms with van der Waals surface area (Å²) in [5, 5.41) is 3.07. The molecular formula is C17H28N4O2. The van der Waals surface area contributed by atoms with Gasteiger partial charge in [-0.3, -0.25) is 4.90 Å². The van der Waals surface area contributed by atoms with Crippen molar-refractivity contribution in [2.75, 3.05) is 46.0 Å². The van der Waals surface area contributed by atoms with Crippen molar-refractivity contribution in [3.8, 4) is 5.75 Å². The molecule has 3 N–H and O–H groups in total. The van der Waals surface area contributed by atoms with Crippen molar-refractivity contribution in [2.24, 2.45) is 10.7 Å². The van der Waals surface area contributed by atoms with Crippen LogP contribution in [-0.2, 0) is 11.3 Å². The lowest BCUT2D eigenvalue weighted by Gasteiger charge is -2.26. The summed E-state index contributed by atoms with van der Waals surface area (Å²) < 4.78 is 11.2. The van der Waals surface area contributed by atoms with Crippen LogP contribution >= 0.6 is 0 Å². The third-order valence-corrected chi connectivity index (χ3v) is 3.67. The summed E-state index contributed by atoms with van der Waals surface area (Å²) in [6, 6.07) is 8.02. The fraction of sp³-hybridized carbons (Fsp3) is 0.588. The topological polar surface area (TPSA) is 72.1 Å². The molecule has 0 unspecified atom stereocenters. The van der Waals surface area contributed by atoms with Crippen LogP contribution in [0, 0.1) is 0 Å². The molecule has 23 heavy (non-hydrogen) atoms. The molecule has 6 nitrogen and oxygen atoms in total. The van der Waals surface area contributed by atoms with Gasteiger partial charge in [-0.2, -0.15) is 0 Å². The van der Waals surface area contributed by atoms with E-state index >= 15 is 0 Å². The molecule has 1 aromatic rings. The highest BCUT2D eigenvalue weighted by Crippen LogP contribution is 2.14. The molecule has 1 aliphatic rings. The van der Waals surface area contributed by atoms with E-state index in [0.717, 1.165) is 57.1 Å². The molecule has 0 spiro atoms. The van der Waals surface area contributed by atoms with Gasteiger partial charge in [-0.15, -0.1) is 0 Å². The molecule has 1 aromatic carbocycles. The summed E-state index contributed by atoms with van der Waals surface area (Å²) in [7, 11) is 0. The zero-order valence-corrected chi connectivity index (χ0v) is 14.0. The zero-order valence-electron chi connectivity index (χ0n) is 14.0. The van der Waals surface area contributed by atoms with Crippen LogP contribution in [0.3, 0.4) is 0 Å². The molecule has 0 aliphatic carbocycles. The lowest BCUT2D eigenvalue weighted by molar-refractivity contribution is 0.0322. The first-order valence-electron chi connectivity index (χ1n) is 8.33. The van der Waals surface area contributed by atoms with E-state index in [9.17, 15) is 0 Å². The predicted molar refractivity (Wildman–Crippen MR) is 92.8 cm³/mol. The Kier molecular flexibility index (Phi) is 7.69. The van der Waals surface area contributed by atoms with Gasteiger partial charge in [0.05, 0.1) is 19.8 Å². The van der Waals surface area contributed by atoms with Crippen molar-refractivity contribution in [3.05, 3.63) is 29.8 Å². The minimum Gasteiger partial charge on any atom is -0.492 e. The van der Waals surface area contributed by atoms with E-state index in [4.69, 9.17) is 15.2 Å². The number of hydrogen-bond donors (Lipinski definition) is 2. The van der Waals surface area contributed by atoms with Crippen molar-refractivity contribution in [1.82, 2.24) is 10.2 Å². The number of benzene rings is 1. The fourth-order valence-electron chi connectivity index (χ4n) is 2.34. The molecule has 0 aromatic heterocycles.